The third-order valence-corrected chi connectivity index (χ3v) is 10.4. The van der Waals surface area contributed by atoms with Crippen molar-refractivity contribution in [3.05, 3.63) is 85.1 Å². The minimum atomic E-state index is -0.815. The van der Waals surface area contributed by atoms with Gasteiger partial charge in [-0.25, -0.2) is 0 Å². The molecule has 0 aromatic heterocycles. The molecule has 0 saturated heterocycles. The van der Waals surface area contributed by atoms with E-state index >= 15 is 0 Å². The zero-order valence-electron chi connectivity index (χ0n) is 39.7. The van der Waals surface area contributed by atoms with Crippen molar-refractivity contribution in [1.82, 2.24) is 0 Å². The van der Waals surface area contributed by atoms with Crippen LogP contribution in [-0.4, -0.2) is 37.2 Å². The largest absolute Gasteiger partial charge is 0.462 e. The van der Waals surface area contributed by atoms with Crippen molar-refractivity contribution in [2.75, 3.05) is 13.2 Å². The molecule has 0 aromatic carbocycles. The zero-order valence-corrected chi connectivity index (χ0v) is 39.7. The summed E-state index contributed by atoms with van der Waals surface area (Å²) >= 11 is 0. The van der Waals surface area contributed by atoms with Gasteiger partial charge in [-0.2, -0.15) is 0 Å². The molecular weight excluding hydrogens is 757 g/mol. The molecular formula is C55H92O6. The molecule has 1 unspecified atom stereocenters. The van der Waals surface area contributed by atoms with Gasteiger partial charge in [0, 0.05) is 12.8 Å². The van der Waals surface area contributed by atoms with Crippen LogP contribution in [0.15, 0.2) is 85.1 Å². The second-order valence-electron chi connectivity index (χ2n) is 16.3. The monoisotopic (exact) mass is 849 g/mol. The van der Waals surface area contributed by atoms with Crippen LogP contribution in [0.3, 0.4) is 0 Å². The number of carbonyl (C=O) groups excluding carboxylic acids is 3. The van der Waals surface area contributed by atoms with E-state index in [1.54, 1.807) is 6.08 Å². The number of allylic oxidation sites excluding steroid dienone is 13. The highest BCUT2D eigenvalue weighted by molar-refractivity contribution is 5.72. The molecule has 0 heterocycles. The first kappa shape index (κ1) is 57.6. The Hall–Kier alpha value is -3.41. The number of esters is 3. The van der Waals surface area contributed by atoms with E-state index in [4.69, 9.17) is 14.2 Å². The molecule has 61 heavy (non-hydrogen) atoms. The highest BCUT2D eigenvalue weighted by Gasteiger charge is 2.19. The number of ether oxygens (including phenoxy) is 3. The van der Waals surface area contributed by atoms with Crippen LogP contribution in [0.2, 0.25) is 0 Å². The first-order valence-electron chi connectivity index (χ1n) is 25.1. The predicted molar refractivity (Wildman–Crippen MR) is 261 cm³/mol. The molecule has 0 spiro atoms. The third kappa shape index (κ3) is 47.5. The molecule has 0 saturated carbocycles. The summed E-state index contributed by atoms with van der Waals surface area (Å²) in [5.41, 5.74) is 0. The molecule has 0 aliphatic carbocycles. The SMILES string of the molecule is CC/C=C\C/C=C\C/C=C\CCCCCCCCCCCC(=O)OCC(COC(=O)C/C=C\C/C=C\C/C=C\CC)OC(=O)CCCCCCCCC/C=C\CCCCCC. The van der Waals surface area contributed by atoms with E-state index in [9.17, 15) is 14.4 Å². The van der Waals surface area contributed by atoms with E-state index in [1.165, 1.54) is 109 Å². The Balaban J connectivity index is 4.37. The molecule has 0 N–H and O–H groups in total. The first-order valence-corrected chi connectivity index (χ1v) is 25.1. The van der Waals surface area contributed by atoms with Crippen LogP contribution in [0.1, 0.15) is 226 Å². The van der Waals surface area contributed by atoms with Gasteiger partial charge in [0.2, 0.25) is 0 Å². The van der Waals surface area contributed by atoms with Gasteiger partial charge in [0.25, 0.3) is 0 Å². The minimum absolute atomic E-state index is 0.108. The Kier molecular flexibility index (Phi) is 46.5. The maximum Gasteiger partial charge on any atom is 0.309 e. The van der Waals surface area contributed by atoms with Gasteiger partial charge in [0.1, 0.15) is 13.2 Å². The molecule has 0 radical (unpaired) electrons. The lowest BCUT2D eigenvalue weighted by Gasteiger charge is -2.18. The Morgan fingerprint density at radius 2 is 0.705 bits per heavy atom. The maximum absolute atomic E-state index is 12.8. The molecule has 6 nitrogen and oxygen atoms in total. The highest BCUT2D eigenvalue weighted by Crippen LogP contribution is 2.14. The van der Waals surface area contributed by atoms with Gasteiger partial charge in [-0.1, -0.05) is 202 Å². The fraction of sp³-hybridized carbons (Fsp3) is 0.691. The van der Waals surface area contributed by atoms with Crippen LogP contribution >= 0.6 is 0 Å². The van der Waals surface area contributed by atoms with E-state index in [0.717, 1.165) is 77.0 Å². The Bertz CT molecular complexity index is 1200. The van der Waals surface area contributed by atoms with Gasteiger partial charge in [0.15, 0.2) is 6.10 Å². The van der Waals surface area contributed by atoms with Crippen molar-refractivity contribution in [3.8, 4) is 0 Å². The standard InChI is InChI=1S/C55H92O6/c1-4-7-10-13-16-19-21-23-25-26-27-28-30-31-33-36-39-42-45-48-54(57)60-51-52(50-59-53(56)47-44-41-38-35-18-15-12-9-6-3)61-55(58)49-46-43-40-37-34-32-29-24-22-20-17-14-11-8-5-2/h7,9-10,12,16,18-20,22-23,25,35,41,44,52H,4-6,8,11,13-15,17,21,24,26-34,36-40,42-43,45-51H2,1-3H3/b10-7-,12-9-,19-16-,22-20-,25-23-,35-18-,44-41-. The summed E-state index contributed by atoms with van der Waals surface area (Å²) in [5.74, 6) is -1.05. The number of hydrogen-bond donors (Lipinski definition) is 0. The summed E-state index contributed by atoms with van der Waals surface area (Å²) in [6.07, 6.45) is 63.2. The van der Waals surface area contributed by atoms with E-state index in [2.05, 4.69) is 93.7 Å². The lowest BCUT2D eigenvalue weighted by Crippen LogP contribution is -2.30. The number of carbonyl (C=O) groups is 3. The molecule has 0 aliphatic heterocycles. The van der Waals surface area contributed by atoms with Crippen molar-refractivity contribution >= 4 is 17.9 Å². The van der Waals surface area contributed by atoms with Crippen LogP contribution < -0.4 is 0 Å². The van der Waals surface area contributed by atoms with Crippen LogP contribution in [0.4, 0.5) is 0 Å². The summed E-state index contributed by atoms with van der Waals surface area (Å²) in [6.45, 7) is 6.29. The summed E-state index contributed by atoms with van der Waals surface area (Å²) in [6, 6.07) is 0. The van der Waals surface area contributed by atoms with Gasteiger partial charge >= 0.3 is 17.9 Å². The van der Waals surface area contributed by atoms with Gasteiger partial charge in [-0.05, 0) is 89.9 Å². The highest BCUT2D eigenvalue weighted by atomic mass is 16.6. The molecule has 348 valence electrons. The Labute approximate surface area is 375 Å². The number of unbranched alkanes of at least 4 members (excludes halogenated alkanes) is 20. The van der Waals surface area contributed by atoms with Gasteiger partial charge < -0.3 is 14.2 Å². The second-order valence-corrected chi connectivity index (χ2v) is 16.3. The zero-order chi connectivity index (χ0) is 44.4. The average Bonchev–Trinajstić information content (AvgIpc) is 3.26. The van der Waals surface area contributed by atoms with Crippen molar-refractivity contribution in [2.24, 2.45) is 0 Å². The summed E-state index contributed by atoms with van der Waals surface area (Å²) in [5, 5.41) is 0. The summed E-state index contributed by atoms with van der Waals surface area (Å²) in [4.78, 5) is 37.8. The molecule has 0 fully saturated rings. The number of rotatable bonds is 44. The lowest BCUT2D eigenvalue weighted by molar-refractivity contribution is -0.166. The minimum Gasteiger partial charge on any atom is -0.462 e. The Morgan fingerprint density at radius 3 is 1.16 bits per heavy atom. The van der Waals surface area contributed by atoms with Crippen molar-refractivity contribution in [3.63, 3.8) is 0 Å². The second kappa shape index (κ2) is 49.2. The van der Waals surface area contributed by atoms with Crippen LogP contribution in [0.5, 0.6) is 0 Å². The van der Waals surface area contributed by atoms with Crippen molar-refractivity contribution in [1.29, 1.82) is 0 Å². The van der Waals surface area contributed by atoms with Crippen LogP contribution in [0, 0.1) is 0 Å². The van der Waals surface area contributed by atoms with E-state index in [-0.39, 0.29) is 31.6 Å². The molecule has 0 amide bonds. The van der Waals surface area contributed by atoms with Crippen molar-refractivity contribution in [2.45, 2.75) is 232 Å². The molecule has 0 aliphatic rings. The quantitative estimate of drug-likeness (QED) is 0.0263. The van der Waals surface area contributed by atoms with Crippen LogP contribution in [0.25, 0.3) is 0 Å². The fourth-order valence-electron chi connectivity index (χ4n) is 6.69. The molecule has 0 aromatic rings. The van der Waals surface area contributed by atoms with E-state index in [1.807, 2.05) is 6.08 Å². The lowest BCUT2D eigenvalue weighted by atomic mass is 10.1. The van der Waals surface area contributed by atoms with Gasteiger partial charge in [0.05, 0.1) is 6.42 Å². The smallest absolute Gasteiger partial charge is 0.309 e. The first-order chi connectivity index (χ1) is 30.0. The van der Waals surface area contributed by atoms with Crippen molar-refractivity contribution < 1.29 is 28.6 Å². The number of hydrogen-bond acceptors (Lipinski definition) is 6. The van der Waals surface area contributed by atoms with E-state index in [0.29, 0.717) is 12.8 Å². The topological polar surface area (TPSA) is 78.9 Å². The third-order valence-electron chi connectivity index (χ3n) is 10.4. The average molecular weight is 849 g/mol. The maximum atomic E-state index is 12.8. The molecule has 1 atom stereocenters. The molecule has 0 rings (SSSR count). The molecule has 6 heteroatoms. The van der Waals surface area contributed by atoms with Crippen LogP contribution in [-0.2, 0) is 28.6 Å². The predicted octanol–water partition coefficient (Wildman–Crippen LogP) is 16.4. The molecule has 0 bridgehead atoms. The normalized spacial score (nSPS) is 12.8. The summed E-state index contributed by atoms with van der Waals surface area (Å²) in [7, 11) is 0. The van der Waals surface area contributed by atoms with Gasteiger partial charge in [-0.3, -0.25) is 14.4 Å². The Morgan fingerprint density at radius 1 is 0.361 bits per heavy atom. The van der Waals surface area contributed by atoms with Gasteiger partial charge in [-0.15, -0.1) is 0 Å². The fourth-order valence-corrected chi connectivity index (χ4v) is 6.69. The summed E-state index contributed by atoms with van der Waals surface area (Å²) < 4.78 is 16.6. The van der Waals surface area contributed by atoms with E-state index < -0.39 is 12.1 Å².